The minimum atomic E-state index is -0.923. The number of rotatable bonds is 8. The van der Waals surface area contributed by atoms with Crippen LogP contribution in [0.15, 0.2) is 48.5 Å². The summed E-state index contributed by atoms with van der Waals surface area (Å²) in [5, 5.41) is 12.5. The largest absolute Gasteiger partial charge is 0.479 e. The number of nitrogens with one attached hydrogen (secondary N) is 1. The van der Waals surface area contributed by atoms with Crippen molar-refractivity contribution in [1.29, 1.82) is 0 Å². The van der Waals surface area contributed by atoms with Gasteiger partial charge >= 0.3 is 5.97 Å². The van der Waals surface area contributed by atoms with Gasteiger partial charge in [0.1, 0.15) is 0 Å². The van der Waals surface area contributed by atoms with E-state index >= 15 is 0 Å². The molecule has 4 nitrogen and oxygen atoms in total. The molecular formula is C19H23NO3. The molecule has 0 heterocycles. The van der Waals surface area contributed by atoms with Crippen molar-refractivity contribution in [3.8, 4) is 11.1 Å². The Morgan fingerprint density at radius 3 is 2.52 bits per heavy atom. The molecule has 0 bridgehead atoms. The van der Waals surface area contributed by atoms with Crippen LogP contribution in [-0.2, 0) is 16.0 Å². The fourth-order valence-corrected chi connectivity index (χ4v) is 2.47. The zero-order valence-corrected chi connectivity index (χ0v) is 13.6. The summed E-state index contributed by atoms with van der Waals surface area (Å²) in [4.78, 5) is 11.4. The molecule has 0 aliphatic heterocycles. The Labute approximate surface area is 137 Å². The maximum Gasteiger partial charge on any atom is 0.333 e. The number of carboxylic acids is 1. The van der Waals surface area contributed by atoms with Gasteiger partial charge < -0.3 is 15.2 Å². The van der Waals surface area contributed by atoms with Gasteiger partial charge in [-0.2, -0.15) is 0 Å². The average Bonchev–Trinajstić information content (AvgIpc) is 2.59. The van der Waals surface area contributed by atoms with Gasteiger partial charge in [0.2, 0.25) is 0 Å². The maximum absolute atomic E-state index is 11.4. The molecule has 1 atom stereocenters. The van der Waals surface area contributed by atoms with Crippen LogP contribution in [0.2, 0.25) is 0 Å². The van der Waals surface area contributed by atoms with Gasteiger partial charge in [0.05, 0.1) is 0 Å². The van der Waals surface area contributed by atoms with Crippen LogP contribution in [-0.4, -0.2) is 30.8 Å². The molecule has 4 heteroatoms. The Balaban J connectivity index is 2.24. The van der Waals surface area contributed by atoms with Crippen LogP contribution in [0, 0.1) is 0 Å². The van der Waals surface area contributed by atoms with E-state index in [2.05, 4.69) is 17.4 Å². The molecule has 0 saturated carbocycles. The molecule has 0 aliphatic carbocycles. The van der Waals surface area contributed by atoms with Crippen LogP contribution in [0.3, 0.4) is 0 Å². The highest BCUT2D eigenvalue weighted by molar-refractivity contribution is 5.74. The molecule has 2 rings (SSSR count). The van der Waals surface area contributed by atoms with Crippen molar-refractivity contribution in [1.82, 2.24) is 0 Å². The van der Waals surface area contributed by atoms with E-state index in [0.717, 1.165) is 28.8 Å². The molecule has 0 saturated heterocycles. The minimum Gasteiger partial charge on any atom is -0.479 e. The predicted octanol–water partition coefficient (Wildman–Crippen LogP) is 3.82. The van der Waals surface area contributed by atoms with Crippen LogP contribution in [0.4, 0.5) is 5.69 Å². The average molecular weight is 313 g/mol. The number of carbonyl (C=O) groups is 1. The lowest BCUT2D eigenvalue weighted by molar-refractivity contribution is -0.150. The van der Waals surface area contributed by atoms with E-state index in [0.29, 0.717) is 13.0 Å². The zero-order valence-electron chi connectivity index (χ0n) is 13.6. The lowest BCUT2D eigenvalue weighted by Gasteiger charge is -2.17. The Bertz CT molecular complexity index is 640. The number of ether oxygens (including phenoxy) is 1. The van der Waals surface area contributed by atoms with E-state index in [1.165, 1.54) is 0 Å². The molecule has 0 spiro atoms. The summed E-state index contributed by atoms with van der Waals surface area (Å²) in [6, 6.07) is 16.1. The summed E-state index contributed by atoms with van der Waals surface area (Å²) < 4.78 is 5.44. The second kappa shape index (κ2) is 8.34. The van der Waals surface area contributed by atoms with Gasteiger partial charge in [-0.3, -0.25) is 0 Å². The molecule has 2 N–H and O–H groups in total. The second-order valence-corrected chi connectivity index (χ2v) is 5.39. The first-order valence-corrected chi connectivity index (χ1v) is 7.86. The third-order valence-electron chi connectivity index (χ3n) is 3.69. The molecule has 0 fully saturated rings. The summed E-state index contributed by atoms with van der Waals surface area (Å²) in [6.07, 6.45) is 0.334. The Morgan fingerprint density at radius 1 is 1.17 bits per heavy atom. The lowest BCUT2D eigenvalue weighted by atomic mass is 9.99. The van der Waals surface area contributed by atoms with Gasteiger partial charge in [-0.1, -0.05) is 49.4 Å². The SMILES string of the molecule is CCCO[C@@H](Cc1ccc(-c2ccccc2)cc1NC)C(=O)O. The third kappa shape index (κ3) is 4.57. The van der Waals surface area contributed by atoms with E-state index < -0.39 is 12.1 Å². The van der Waals surface area contributed by atoms with E-state index in [9.17, 15) is 9.90 Å². The lowest BCUT2D eigenvalue weighted by Crippen LogP contribution is -2.27. The van der Waals surface area contributed by atoms with Gasteiger partial charge in [0.25, 0.3) is 0 Å². The number of hydrogen-bond acceptors (Lipinski definition) is 3. The number of carboxylic acid groups (broad SMARTS) is 1. The number of hydrogen-bond donors (Lipinski definition) is 2. The van der Waals surface area contributed by atoms with Crippen LogP contribution < -0.4 is 5.32 Å². The summed E-state index contributed by atoms with van der Waals surface area (Å²) in [7, 11) is 1.84. The van der Waals surface area contributed by atoms with Gasteiger partial charge in [0.15, 0.2) is 6.10 Å². The van der Waals surface area contributed by atoms with E-state index in [-0.39, 0.29) is 0 Å². The van der Waals surface area contributed by atoms with Crippen molar-refractivity contribution in [2.24, 2.45) is 0 Å². The maximum atomic E-state index is 11.4. The summed E-state index contributed by atoms with van der Waals surface area (Å²) >= 11 is 0. The molecule has 2 aromatic carbocycles. The van der Waals surface area contributed by atoms with Gasteiger partial charge in [-0.25, -0.2) is 4.79 Å². The van der Waals surface area contributed by atoms with Crippen LogP contribution in [0.1, 0.15) is 18.9 Å². The van der Waals surface area contributed by atoms with Gasteiger partial charge in [-0.05, 0) is 29.2 Å². The van der Waals surface area contributed by atoms with Crippen LogP contribution in [0.25, 0.3) is 11.1 Å². The predicted molar refractivity (Wildman–Crippen MR) is 92.8 cm³/mol. The second-order valence-electron chi connectivity index (χ2n) is 5.39. The van der Waals surface area contributed by atoms with Crippen LogP contribution >= 0.6 is 0 Å². The van der Waals surface area contributed by atoms with Crippen molar-refractivity contribution < 1.29 is 14.6 Å². The molecule has 2 aromatic rings. The van der Waals surface area contributed by atoms with Crippen LogP contribution in [0.5, 0.6) is 0 Å². The fraction of sp³-hybridized carbons (Fsp3) is 0.316. The quantitative estimate of drug-likeness (QED) is 0.778. The van der Waals surface area contributed by atoms with Gasteiger partial charge in [0, 0.05) is 25.8 Å². The molecule has 122 valence electrons. The Morgan fingerprint density at radius 2 is 1.91 bits per heavy atom. The first-order valence-electron chi connectivity index (χ1n) is 7.86. The standard InChI is InChI=1S/C19H23NO3/c1-3-11-23-18(19(21)22)13-16-10-9-15(12-17(16)20-2)14-7-5-4-6-8-14/h4-10,12,18,20H,3,11,13H2,1-2H3,(H,21,22)/t18-/m0/s1. The number of aliphatic carboxylic acids is 1. The Kier molecular flexibility index (Phi) is 6.18. The molecule has 0 unspecified atom stereocenters. The Hall–Kier alpha value is -2.33. The molecular weight excluding hydrogens is 290 g/mol. The summed E-state index contributed by atoms with van der Waals surface area (Å²) in [6.45, 7) is 2.42. The van der Waals surface area contributed by atoms with Crippen molar-refractivity contribution in [3.63, 3.8) is 0 Å². The number of anilines is 1. The van der Waals surface area contributed by atoms with Crippen molar-refractivity contribution >= 4 is 11.7 Å². The first-order chi connectivity index (χ1) is 11.2. The summed E-state index contributed by atoms with van der Waals surface area (Å²) in [5.41, 5.74) is 4.10. The molecule has 23 heavy (non-hydrogen) atoms. The highest BCUT2D eigenvalue weighted by Gasteiger charge is 2.20. The highest BCUT2D eigenvalue weighted by atomic mass is 16.5. The molecule has 0 radical (unpaired) electrons. The zero-order chi connectivity index (χ0) is 16.7. The van der Waals surface area contributed by atoms with E-state index in [1.54, 1.807) is 0 Å². The van der Waals surface area contributed by atoms with Crippen molar-refractivity contribution in [3.05, 3.63) is 54.1 Å². The van der Waals surface area contributed by atoms with Crippen molar-refractivity contribution in [2.75, 3.05) is 19.0 Å². The molecule has 0 aromatic heterocycles. The topological polar surface area (TPSA) is 58.6 Å². The fourth-order valence-electron chi connectivity index (χ4n) is 2.47. The third-order valence-corrected chi connectivity index (χ3v) is 3.69. The van der Waals surface area contributed by atoms with E-state index in [1.807, 2.05) is 50.4 Å². The number of benzene rings is 2. The monoisotopic (exact) mass is 313 g/mol. The summed E-state index contributed by atoms with van der Waals surface area (Å²) in [5.74, 6) is -0.923. The molecule has 0 amide bonds. The smallest absolute Gasteiger partial charge is 0.333 e. The van der Waals surface area contributed by atoms with Gasteiger partial charge in [-0.15, -0.1) is 0 Å². The first kappa shape index (κ1) is 17.0. The highest BCUT2D eigenvalue weighted by Crippen LogP contribution is 2.26. The van der Waals surface area contributed by atoms with Crippen molar-refractivity contribution in [2.45, 2.75) is 25.9 Å². The molecule has 0 aliphatic rings. The van der Waals surface area contributed by atoms with E-state index in [4.69, 9.17) is 4.74 Å². The minimum absolute atomic E-state index is 0.348. The normalized spacial score (nSPS) is 11.9.